The molecule has 1 aromatic heterocycles. The van der Waals surface area contributed by atoms with Gasteiger partial charge in [0.25, 0.3) is 0 Å². The molecule has 1 aliphatic heterocycles. The van der Waals surface area contributed by atoms with Crippen LogP contribution in [0.2, 0.25) is 5.02 Å². The Morgan fingerprint density at radius 3 is 2.45 bits per heavy atom. The molecule has 166 valence electrons. The zero-order valence-corrected chi connectivity index (χ0v) is 17.9. The molecule has 5 atom stereocenters. The van der Waals surface area contributed by atoms with Crippen LogP contribution in [0.15, 0.2) is 36.5 Å². The summed E-state index contributed by atoms with van der Waals surface area (Å²) >= 11 is 6.55. The van der Waals surface area contributed by atoms with Gasteiger partial charge < -0.3 is 29.7 Å². The fourth-order valence-corrected chi connectivity index (χ4v) is 4.61. The molecule has 1 aliphatic rings. The molecular formula is C23H25ClFNO5. The van der Waals surface area contributed by atoms with E-state index in [2.05, 4.69) is 0 Å². The van der Waals surface area contributed by atoms with Crippen LogP contribution >= 0.6 is 11.6 Å². The third-order valence-corrected chi connectivity index (χ3v) is 6.14. The van der Waals surface area contributed by atoms with Crippen molar-refractivity contribution in [2.24, 2.45) is 0 Å². The number of aromatic nitrogens is 1. The SMILES string of the molecule is Cc1ccc(Cn2cc([C@@H]3O[C@H](CO)[C@@H](O)[C@H](O)[C@H]3O)c3cc(C)cc(Cl)c32)c(F)c1. The molecule has 0 bridgehead atoms. The Balaban J connectivity index is 1.84. The van der Waals surface area contributed by atoms with Crippen molar-refractivity contribution in [1.82, 2.24) is 4.57 Å². The third kappa shape index (κ3) is 3.98. The maximum Gasteiger partial charge on any atom is 0.128 e. The summed E-state index contributed by atoms with van der Waals surface area (Å²) in [5.74, 6) is -0.334. The van der Waals surface area contributed by atoms with Gasteiger partial charge >= 0.3 is 0 Å². The number of benzene rings is 2. The van der Waals surface area contributed by atoms with E-state index in [4.69, 9.17) is 16.3 Å². The number of aliphatic hydroxyl groups excluding tert-OH is 4. The monoisotopic (exact) mass is 449 g/mol. The van der Waals surface area contributed by atoms with Crippen LogP contribution in [0.5, 0.6) is 0 Å². The molecule has 0 radical (unpaired) electrons. The summed E-state index contributed by atoms with van der Waals surface area (Å²) < 4.78 is 22.1. The van der Waals surface area contributed by atoms with E-state index in [9.17, 15) is 24.8 Å². The van der Waals surface area contributed by atoms with E-state index in [-0.39, 0.29) is 12.4 Å². The van der Waals surface area contributed by atoms with Crippen molar-refractivity contribution >= 4 is 22.5 Å². The van der Waals surface area contributed by atoms with Crippen LogP contribution in [-0.2, 0) is 11.3 Å². The van der Waals surface area contributed by atoms with E-state index in [0.717, 1.165) is 11.1 Å². The minimum atomic E-state index is -1.50. The average molecular weight is 450 g/mol. The molecule has 0 unspecified atom stereocenters. The van der Waals surface area contributed by atoms with E-state index in [1.807, 2.05) is 26.0 Å². The van der Waals surface area contributed by atoms with Crippen LogP contribution < -0.4 is 0 Å². The second kappa shape index (κ2) is 8.50. The molecule has 3 aromatic rings. The highest BCUT2D eigenvalue weighted by atomic mass is 35.5. The topological polar surface area (TPSA) is 95.1 Å². The van der Waals surface area contributed by atoms with E-state index < -0.39 is 37.1 Å². The molecule has 6 nitrogen and oxygen atoms in total. The van der Waals surface area contributed by atoms with Gasteiger partial charge in [-0.25, -0.2) is 4.39 Å². The van der Waals surface area contributed by atoms with Gasteiger partial charge in [-0.2, -0.15) is 0 Å². The van der Waals surface area contributed by atoms with Gasteiger partial charge in [-0.05, 0) is 43.2 Å². The number of ether oxygens (including phenoxy) is 1. The lowest BCUT2D eigenvalue weighted by molar-refractivity contribution is -0.231. The highest BCUT2D eigenvalue weighted by Crippen LogP contribution is 2.39. The van der Waals surface area contributed by atoms with Crippen LogP contribution in [0.1, 0.15) is 28.4 Å². The predicted molar refractivity (Wildman–Crippen MR) is 115 cm³/mol. The Kier molecular flexibility index (Phi) is 6.09. The van der Waals surface area contributed by atoms with Crippen LogP contribution in [0, 0.1) is 19.7 Å². The van der Waals surface area contributed by atoms with E-state index in [1.54, 1.807) is 22.9 Å². The highest BCUT2D eigenvalue weighted by molar-refractivity contribution is 6.35. The van der Waals surface area contributed by atoms with Crippen LogP contribution in [0.25, 0.3) is 10.9 Å². The number of hydrogen-bond donors (Lipinski definition) is 4. The van der Waals surface area contributed by atoms with Crippen LogP contribution in [-0.4, -0.2) is 56.0 Å². The first-order valence-corrected chi connectivity index (χ1v) is 10.4. The van der Waals surface area contributed by atoms with Gasteiger partial charge in [0, 0.05) is 22.7 Å². The van der Waals surface area contributed by atoms with Crippen molar-refractivity contribution in [3.05, 3.63) is 69.6 Å². The van der Waals surface area contributed by atoms with E-state index >= 15 is 0 Å². The quantitative estimate of drug-likeness (QED) is 0.491. The van der Waals surface area contributed by atoms with Crippen molar-refractivity contribution in [1.29, 1.82) is 0 Å². The first-order chi connectivity index (χ1) is 14.7. The normalized spacial score (nSPS) is 26.5. The Morgan fingerprint density at radius 2 is 1.77 bits per heavy atom. The molecule has 4 rings (SSSR count). The largest absolute Gasteiger partial charge is 0.394 e. The van der Waals surface area contributed by atoms with Gasteiger partial charge in [-0.15, -0.1) is 0 Å². The molecule has 1 fully saturated rings. The Labute approximate surface area is 184 Å². The maximum atomic E-state index is 14.5. The lowest BCUT2D eigenvalue weighted by Crippen LogP contribution is -2.55. The smallest absolute Gasteiger partial charge is 0.128 e. The first kappa shape index (κ1) is 22.2. The molecule has 8 heteroatoms. The Bertz CT molecular complexity index is 1120. The summed E-state index contributed by atoms with van der Waals surface area (Å²) in [5, 5.41) is 41.7. The summed E-state index contributed by atoms with van der Waals surface area (Å²) in [6.45, 7) is 3.37. The van der Waals surface area contributed by atoms with E-state index in [0.29, 0.717) is 27.1 Å². The van der Waals surface area contributed by atoms with Gasteiger partial charge in [0.15, 0.2) is 0 Å². The van der Waals surface area contributed by atoms with Crippen molar-refractivity contribution in [3.8, 4) is 0 Å². The number of rotatable bonds is 4. The van der Waals surface area contributed by atoms with Crippen molar-refractivity contribution in [2.45, 2.75) is 50.9 Å². The molecule has 0 aliphatic carbocycles. The summed E-state index contributed by atoms with van der Waals surface area (Å²) in [5.41, 5.74) is 3.33. The van der Waals surface area contributed by atoms with Gasteiger partial charge in [0.1, 0.15) is 36.3 Å². The fourth-order valence-electron chi connectivity index (χ4n) is 4.22. The maximum absolute atomic E-state index is 14.5. The number of nitrogens with zero attached hydrogens (tertiary/aromatic N) is 1. The van der Waals surface area contributed by atoms with Crippen LogP contribution in [0.4, 0.5) is 4.39 Å². The van der Waals surface area contributed by atoms with Crippen LogP contribution in [0.3, 0.4) is 0 Å². The molecule has 1 saturated heterocycles. The Morgan fingerprint density at radius 1 is 1.03 bits per heavy atom. The van der Waals surface area contributed by atoms with Gasteiger partial charge in [-0.1, -0.05) is 23.7 Å². The zero-order valence-electron chi connectivity index (χ0n) is 17.2. The molecule has 0 saturated carbocycles. The summed E-state index contributed by atoms with van der Waals surface area (Å²) in [4.78, 5) is 0. The lowest BCUT2D eigenvalue weighted by atomic mass is 9.91. The second-order valence-electron chi connectivity index (χ2n) is 8.20. The van der Waals surface area contributed by atoms with Gasteiger partial charge in [0.05, 0.1) is 23.7 Å². The summed E-state index contributed by atoms with van der Waals surface area (Å²) in [7, 11) is 0. The standard InChI is InChI=1S/C23H25ClFNO5/c1-11-3-4-13(17(25)7-11)8-26-9-15(14-5-12(2)6-16(24)19(14)26)23-22(30)21(29)20(28)18(10-27)31-23/h3-7,9,18,20-23,27-30H,8,10H2,1-2H3/t18-,20-,21+,22-,23+/m1/s1. The predicted octanol–water partition coefficient (Wildman–Crippen LogP) is 2.61. The molecule has 31 heavy (non-hydrogen) atoms. The van der Waals surface area contributed by atoms with Crippen molar-refractivity contribution < 1.29 is 29.6 Å². The zero-order chi connectivity index (χ0) is 22.4. The minimum absolute atomic E-state index is 0.197. The number of aliphatic hydroxyl groups is 4. The molecule has 0 spiro atoms. The number of aryl methyl sites for hydroxylation is 2. The van der Waals surface area contributed by atoms with Crippen molar-refractivity contribution in [3.63, 3.8) is 0 Å². The minimum Gasteiger partial charge on any atom is -0.394 e. The number of hydrogen-bond acceptors (Lipinski definition) is 5. The highest BCUT2D eigenvalue weighted by Gasteiger charge is 2.44. The van der Waals surface area contributed by atoms with E-state index in [1.165, 1.54) is 6.07 Å². The average Bonchev–Trinajstić information content (AvgIpc) is 3.07. The molecule has 4 N–H and O–H groups in total. The third-order valence-electron chi connectivity index (χ3n) is 5.85. The molecule has 0 amide bonds. The number of fused-ring (bicyclic) bond motifs is 1. The molecule has 2 heterocycles. The molecule has 2 aromatic carbocycles. The summed E-state index contributed by atoms with van der Waals surface area (Å²) in [6.07, 6.45) is -4.70. The first-order valence-electron chi connectivity index (χ1n) is 10.1. The molecular weight excluding hydrogens is 425 g/mol. The van der Waals surface area contributed by atoms with Gasteiger partial charge in [-0.3, -0.25) is 0 Å². The second-order valence-corrected chi connectivity index (χ2v) is 8.61. The summed E-state index contributed by atoms with van der Waals surface area (Å²) in [6, 6.07) is 8.68. The Hall–Kier alpha value is -2.00. The fraction of sp³-hybridized carbons (Fsp3) is 0.391. The lowest BCUT2D eigenvalue weighted by Gasteiger charge is -2.40. The van der Waals surface area contributed by atoms with Gasteiger partial charge in [0.2, 0.25) is 0 Å². The number of halogens is 2. The van der Waals surface area contributed by atoms with Crippen molar-refractivity contribution in [2.75, 3.05) is 6.61 Å².